The number of amides is 1. The van der Waals surface area contributed by atoms with Crippen LogP contribution in [0.3, 0.4) is 0 Å². The van der Waals surface area contributed by atoms with Gasteiger partial charge in [0.1, 0.15) is 10.7 Å². The highest BCUT2D eigenvalue weighted by Gasteiger charge is 2.26. The van der Waals surface area contributed by atoms with E-state index in [0.717, 1.165) is 48.7 Å². The lowest BCUT2D eigenvalue weighted by Crippen LogP contribution is -2.48. The van der Waals surface area contributed by atoms with Crippen LogP contribution in [0.25, 0.3) is 6.08 Å². The number of hydrogen-bond donors (Lipinski definition) is 1. The molecular weight excluding hydrogens is 475 g/mol. The van der Waals surface area contributed by atoms with E-state index in [1.165, 1.54) is 12.1 Å². The van der Waals surface area contributed by atoms with E-state index >= 15 is 0 Å². The summed E-state index contributed by atoms with van der Waals surface area (Å²) in [6, 6.07) is 14.6. The summed E-state index contributed by atoms with van der Waals surface area (Å²) in [6.07, 6.45) is 4.21. The summed E-state index contributed by atoms with van der Waals surface area (Å²) in [5.74, 6) is -0.675. The number of carbonyl (C=O) groups is 1. The molecule has 10 heteroatoms. The topological polar surface area (TPSA) is 82.6 Å². The normalized spacial score (nSPS) is 15.1. The maximum atomic E-state index is 13.1. The highest BCUT2D eigenvalue weighted by atomic mass is 32.2. The minimum Gasteiger partial charge on any atom is -0.335 e. The van der Waals surface area contributed by atoms with Crippen LogP contribution in [0.1, 0.15) is 20.9 Å². The van der Waals surface area contributed by atoms with E-state index in [1.54, 1.807) is 11.8 Å². The lowest BCUT2D eigenvalue weighted by Gasteiger charge is -2.34. The van der Waals surface area contributed by atoms with Gasteiger partial charge in [0.2, 0.25) is 0 Å². The van der Waals surface area contributed by atoms with Crippen molar-refractivity contribution in [1.29, 1.82) is 0 Å². The number of thiazole rings is 1. The number of sulfonamides is 1. The van der Waals surface area contributed by atoms with E-state index < -0.39 is 15.8 Å². The van der Waals surface area contributed by atoms with Crippen LogP contribution < -0.4 is 4.72 Å². The molecule has 1 aromatic heterocycles. The maximum Gasteiger partial charge on any atom is 0.266 e. The first-order chi connectivity index (χ1) is 16.3. The molecule has 1 aliphatic rings. The molecule has 1 N–H and O–H groups in total. The molecule has 1 fully saturated rings. The van der Waals surface area contributed by atoms with Gasteiger partial charge < -0.3 is 4.90 Å². The zero-order chi connectivity index (χ0) is 24.1. The predicted molar refractivity (Wildman–Crippen MR) is 132 cm³/mol. The smallest absolute Gasteiger partial charge is 0.266 e. The molecule has 1 amide bonds. The number of rotatable bonds is 7. The minimum atomic E-state index is -3.93. The second-order valence-electron chi connectivity index (χ2n) is 7.90. The number of hydrogen-bond acceptors (Lipinski definition) is 6. The minimum absolute atomic E-state index is 0.0768. The second kappa shape index (κ2) is 10.5. The molecule has 7 nitrogen and oxygen atoms in total. The average molecular weight is 501 g/mol. The average Bonchev–Trinajstić information content (AvgIpc) is 3.19. The van der Waals surface area contributed by atoms with Gasteiger partial charge in [-0.15, -0.1) is 0 Å². The van der Waals surface area contributed by atoms with E-state index in [2.05, 4.69) is 38.9 Å². The van der Waals surface area contributed by atoms with Gasteiger partial charge in [-0.1, -0.05) is 53.8 Å². The molecule has 34 heavy (non-hydrogen) atoms. The van der Waals surface area contributed by atoms with Crippen LogP contribution in [0, 0.1) is 12.7 Å². The second-order valence-corrected chi connectivity index (χ2v) is 10.6. The zero-order valence-electron chi connectivity index (χ0n) is 18.6. The summed E-state index contributed by atoms with van der Waals surface area (Å²) in [7, 11) is -3.93. The first kappa shape index (κ1) is 24.1. The van der Waals surface area contributed by atoms with Crippen LogP contribution in [0.2, 0.25) is 0 Å². The van der Waals surface area contributed by atoms with Crippen LogP contribution in [0.15, 0.2) is 65.6 Å². The molecule has 1 saturated heterocycles. The Bertz CT molecular complexity index is 1270. The number of halogens is 1. The van der Waals surface area contributed by atoms with Crippen LogP contribution in [-0.4, -0.2) is 61.8 Å². The van der Waals surface area contributed by atoms with Crippen molar-refractivity contribution < 1.29 is 17.6 Å². The third-order valence-electron chi connectivity index (χ3n) is 5.47. The van der Waals surface area contributed by atoms with Crippen LogP contribution in [0.4, 0.5) is 9.52 Å². The van der Waals surface area contributed by atoms with Crippen molar-refractivity contribution in [2.24, 2.45) is 0 Å². The van der Waals surface area contributed by atoms with Crippen LogP contribution in [0.5, 0.6) is 0 Å². The fraction of sp³-hybridized carbons (Fsp3) is 0.250. The number of aromatic nitrogens is 1. The molecule has 0 saturated carbocycles. The maximum absolute atomic E-state index is 13.1. The van der Waals surface area contributed by atoms with Crippen molar-refractivity contribution in [2.45, 2.75) is 11.8 Å². The highest BCUT2D eigenvalue weighted by molar-refractivity contribution is 7.93. The van der Waals surface area contributed by atoms with E-state index in [0.29, 0.717) is 23.7 Å². The largest absolute Gasteiger partial charge is 0.335 e. The van der Waals surface area contributed by atoms with Crippen molar-refractivity contribution in [3.05, 3.63) is 82.6 Å². The zero-order valence-corrected chi connectivity index (χ0v) is 20.3. The van der Waals surface area contributed by atoms with Gasteiger partial charge in [-0.25, -0.2) is 17.8 Å². The molecule has 0 bridgehead atoms. The summed E-state index contributed by atoms with van der Waals surface area (Å²) in [5.41, 5.74) is 1.63. The first-order valence-electron chi connectivity index (χ1n) is 10.8. The number of anilines is 1. The van der Waals surface area contributed by atoms with Gasteiger partial charge >= 0.3 is 0 Å². The lowest BCUT2D eigenvalue weighted by atomic mass is 10.2. The van der Waals surface area contributed by atoms with Crippen LogP contribution >= 0.6 is 11.3 Å². The van der Waals surface area contributed by atoms with Gasteiger partial charge in [0, 0.05) is 32.7 Å². The number of nitrogens with zero attached hydrogens (tertiary/aromatic N) is 3. The molecule has 2 aromatic carbocycles. The van der Waals surface area contributed by atoms with Crippen molar-refractivity contribution >= 4 is 38.5 Å². The molecule has 4 rings (SSSR count). The predicted octanol–water partition coefficient (Wildman–Crippen LogP) is 3.86. The molecular formula is C24H25FN4O3S2. The Labute approximate surface area is 202 Å². The first-order valence-corrected chi connectivity index (χ1v) is 13.1. The van der Waals surface area contributed by atoms with Gasteiger partial charge in [-0.2, -0.15) is 0 Å². The fourth-order valence-electron chi connectivity index (χ4n) is 3.61. The monoisotopic (exact) mass is 500 g/mol. The summed E-state index contributed by atoms with van der Waals surface area (Å²) in [5, 5.41) is 0.106. The molecule has 0 atom stereocenters. The Morgan fingerprint density at radius 2 is 1.76 bits per heavy atom. The third kappa shape index (κ3) is 5.88. The molecule has 0 aliphatic carbocycles. The number of nitrogens with one attached hydrogen (secondary N) is 1. The molecule has 2 heterocycles. The third-order valence-corrected chi connectivity index (χ3v) is 8.01. The van der Waals surface area contributed by atoms with E-state index in [4.69, 9.17) is 0 Å². The van der Waals surface area contributed by atoms with Crippen molar-refractivity contribution in [2.75, 3.05) is 37.4 Å². The van der Waals surface area contributed by atoms with Gasteiger partial charge in [0.15, 0.2) is 5.13 Å². The van der Waals surface area contributed by atoms with Gasteiger partial charge in [0.25, 0.3) is 15.9 Å². The summed E-state index contributed by atoms with van der Waals surface area (Å²) >= 11 is 1.01. The molecule has 0 radical (unpaired) electrons. The SMILES string of the molecule is Cc1nc(NS(=O)(=O)c2ccc(F)cc2)sc1C(=O)N1CCN(CC=Cc2ccccc2)CC1. The number of benzene rings is 2. The van der Waals surface area contributed by atoms with Gasteiger partial charge in [-0.05, 0) is 36.8 Å². The fourth-order valence-corrected chi connectivity index (χ4v) is 5.77. The van der Waals surface area contributed by atoms with Crippen molar-refractivity contribution in [3.8, 4) is 0 Å². The molecule has 1 aliphatic heterocycles. The van der Waals surface area contributed by atoms with E-state index in [-0.39, 0.29) is 15.9 Å². The summed E-state index contributed by atoms with van der Waals surface area (Å²) in [4.78, 5) is 21.7. The summed E-state index contributed by atoms with van der Waals surface area (Å²) < 4.78 is 40.6. The van der Waals surface area contributed by atoms with E-state index in [9.17, 15) is 17.6 Å². The Morgan fingerprint density at radius 3 is 2.44 bits per heavy atom. The quantitative estimate of drug-likeness (QED) is 0.533. The Morgan fingerprint density at radius 1 is 1.09 bits per heavy atom. The molecule has 0 unspecified atom stereocenters. The standard InChI is InChI=1S/C24H25FN4O3S2/c1-18-22(33-24(26-18)27-34(31,32)21-11-9-20(25)10-12-21)23(30)29-16-14-28(15-17-29)13-5-8-19-6-3-2-4-7-19/h2-12H,13-17H2,1H3,(H,26,27). The number of piperazine rings is 1. The number of carbonyl (C=O) groups excluding carboxylic acids is 1. The highest BCUT2D eigenvalue weighted by Crippen LogP contribution is 2.27. The molecule has 3 aromatic rings. The van der Waals surface area contributed by atoms with Crippen molar-refractivity contribution in [3.63, 3.8) is 0 Å². The van der Waals surface area contributed by atoms with Gasteiger partial charge in [0.05, 0.1) is 10.6 Å². The Kier molecular flexibility index (Phi) is 7.40. The van der Waals surface area contributed by atoms with Gasteiger partial charge in [-0.3, -0.25) is 14.4 Å². The lowest BCUT2D eigenvalue weighted by molar-refractivity contribution is 0.0654. The molecule has 178 valence electrons. The Balaban J connectivity index is 1.34. The van der Waals surface area contributed by atoms with Crippen LogP contribution in [-0.2, 0) is 10.0 Å². The summed E-state index contributed by atoms with van der Waals surface area (Å²) in [6.45, 7) is 5.19. The number of aryl methyl sites for hydroxylation is 1. The Hall–Kier alpha value is -3.08. The van der Waals surface area contributed by atoms with E-state index in [1.807, 2.05) is 18.2 Å². The van der Waals surface area contributed by atoms with Crippen molar-refractivity contribution in [1.82, 2.24) is 14.8 Å². The molecule has 0 spiro atoms.